The van der Waals surface area contributed by atoms with Crippen LogP contribution in [0.1, 0.15) is 36.6 Å². The van der Waals surface area contributed by atoms with Crippen molar-refractivity contribution >= 4 is 51.5 Å². The number of nitriles is 1. The smallest absolute Gasteiger partial charge is 0.276 e. The number of pyridine rings is 3. The fourth-order valence-corrected chi connectivity index (χ4v) is 6.01. The van der Waals surface area contributed by atoms with Gasteiger partial charge in [-0.25, -0.2) is 18.2 Å². The second-order valence-corrected chi connectivity index (χ2v) is 11.5. The number of nitrogen functional groups attached to an aromatic ring is 1. The first kappa shape index (κ1) is 31.8. The number of aromatic nitrogens is 3. The summed E-state index contributed by atoms with van der Waals surface area (Å²) >= 11 is 12.9. The molecule has 0 radical (unpaired) electrons. The van der Waals surface area contributed by atoms with Crippen LogP contribution in [-0.4, -0.2) is 51.5 Å². The van der Waals surface area contributed by atoms with Crippen LogP contribution in [0, 0.1) is 35.7 Å². The molecule has 0 atom stereocenters. The molecule has 1 aliphatic heterocycles. The van der Waals surface area contributed by atoms with Crippen LogP contribution >= 0.6 is 23.2 Å². The highest BCUT2D eigenvalue weighted by atomic mass is 35.5. The van der Waals surface area contributed by atoms with Crippen LogP contribution in [0.3, 0.4) is 0 Å². The average molecular weight is 656 g/mol. The monoisotopic (exact) mass is 655 g/mol. The van der Waals surface area contributed by atoms with E-state index in [9.17, 15) is 23.6 Å². The van der Waals surface area contributed by atoms with Gasteiger partial charge in [-0.2, -0.15) is 5.26 Å². The number of piperazine rings is 1. The van der Waals surface area contributed by atoms with Crippen LogP contribution < -0.4 is 16.2 Å². The SMILES string of the molecule is C=CC(=O)N1CCN(c2c(C#N)c(=O)n(-c3c(C)ccnc3C(C)C)c3nc(-c4c(F)c(F)c(F)c(N)c4Cl)c(Cl)cc23)CC1. The Hall–Kier alpha value is -4.60. The van der Waals surface area contributed by atoms with Crippen molar-refractivity contribution in [2.45, 2.75) is 26.7 Å². The van der Waals surface area contributed by atoms with E-state index < -0.39 is 45.0 Å². The molecule has 1 amide bonds. The van der Waals surface area contributed by atoms with Gasteiger partial charge in [0, 0.05) is 37.8 Å². The number of nitrogens with two attached hydrogens (primary N) is 1. The first-order chi connectivity index (χ1) is 21.3. The van der Waals surface area contributed by atoms with Gasteiger partial charge in [0.15, 0.2) is 17.5 Å². The Bertz CT molecular complexity index is 1990. The minimum atomic E-state index is -1.88. The molecule has 0 spiro atoms. The maximum absolute atomic E-state index is 15.3. The minimum absolute atomic E-state index is 0.0743. The summed E-state index contributed by atoms with van der Waals surface area (Å²) in [4.78, 5) is 38.9. The number of amides is 1. The van der Waals surface area contributed by atoms with Gasteiger partial charge in [0.25, 0.3) is 5.56 Å². The molecule has 0 bridgehead atoms. The van der Waals surface area contributed by atoms with Crippen molar-refractivity contribution in [3.05, 3.63) is 85.7 Å². The predicted molar refractivity (Wildman–Crippen MR) is 167 cm³/mol. The van der Waals surface area contributed by atoms with Crippen LogP contribution in [0.4, 0.5) is 24.5 Å². The number of carbonyl (C=O) groups excluding carboxylic acids is 1. The summed E-state index contributed by atoms with van der Waals surface area (Å²) in [7, 11) is 0. The van der Waals surface area contributed by atoms with Crippen molar-refractivity contribution < 1.29 is 18.0 Å². The summed E-state index contributed by atoms with van der Waals surface area (Å²) in [5, 5.41) is 9.68. The molecule has 1 saturated heterocycles. The quantitative estimate of drug-likeness (QED) is 0.123. The van der Waals surface area contributed by atoms with E-state index in [0.29, 0.717) is 16.9 Å². The highest BCUT2D eigenvalue weighted by Crippen LogP contribution is 2.43. The Kier molecular flexibility index (Phi) is 8.53. The number of fused-ring (bicyclic) bond motifs is 1. The number of halogens is 5. The molecular weight excluding hydrogens is 630 g/mol. The highest BCUT2D eigenvalue weighted by molar-refractivity contribution is 6.38. The predicted octanol–water partition coefficient (Wildman–Crippen LogP) is 5.89. The highest BCUT2D eigenvalue weighted by Gasteiger charge is 2.31. The van der Waals surface area contributed by atoms with E-state index in [1.807, 2.05) is 19.9 Å². The van der Waals surface area contributed by atoms with Gasteiger partial charge >= 0.3 is 0 Å². The van der Waals surface area contributed by atoms with Gasteiger partial charge in [0.05, 0.1) is 44.1 Å². The Balaban J connectivity index is 1.93. The number of anilines is 2. The summed E-state index contributed by atoms with van der Waals surface area (Å²) in [5.41, 5.74) is 4.30. The van der Waals surface area contributed by atoms with E-state index in [1.54, 1.807) is 29.0 Å². The van der Waals surface area contributed by atoms with Crippen LogP contribution in [-0.2, 0) is 4.79 Å². The molecule has 9 nitrogen and oxygen atoms in total. The lowest BCUT2D eigenvalue weighted by Crippen LogP contribution is -2.49. The van der Waals surface area contributed by atoms with E-state index in [4.69, 9.17) is 28.9 Å². The van der Waals surface area contributed by atoms with Gasteiger partial charge < -0.3 is 15.5 Å². The topological polar surface area (TPSA) is 121 Å². The summed E-state index contributed by atoms with van der Waals surface area (Å²) in [6, 6.07) is 5.07. The maximum atomic E-state index is 15.3. The molecule has 232 valence electrons. The first-order valence-corrected chi connectivity index (χ1v) is 14.5. The molecular formula is C31H26Cl2F3N7O2. The average Bonchev–Trinajstić information content (AvgIpc) is 3.02. The number of rotatable bonds is 5. The van der Waals surface area contributed by atoms with Crippen LogP contribution in [0.15, 0.2) is 35.8 Å². The molecule has 0 saturated carbocycles. The molecule has 1 aromatic carbocycles. The Morgan fingerprint density at radius 1 is 1.13 bits per heavy atom. The van der Waals surface area contributed by atoms with Crippen LogP contribution in [0.2, 0.25) is 10.0 Å². The lowest BCUT2D eigenvalue weighted by Gasteiger charge is -2.36. The molecule has 4 heterocycles. The van der Waals surface area contributed by atoms with Gasteiger partial charge in [0.2, 0.25) is 5.91 Å². The molecule has 4 aromatic rings. The van der Waals surface area contributed by atoms with Crippen molar-refractivity contribution in [2.75, 3.05) is 36.8 Å². The molecule has 3 aromatic heterocycles. The standard InChI is InChI=1S/C31H26Cl2F3N7O2/c1-5-19(44)41-8-10-42(11-9-41)29-16-12-18(32)27(20-21(33)25(38)24(36)23(35)22(20)34)40-30(16)43(31(45)17(29)13-37)28-15(4)6-7-39-26(28)14(2)3/h5-7,12,14H,1,8-11,38H2,2-4H3. The van der Waals surface area contributed by atoms with Crippen molar-refractivity contribution in [1.82, 2.24) is 19.4 Å². The minimum Gasteiger partial charge on any atom is -0.395 e. The van der Waals surface area contributed by atoms with Crippen molar-refractivity contribution in [2.24, 2.45) is 0 Å². The third-order valence-electron chi connectivity index (χ3n) is 7.73. The molecule has 1 aliphatic rings. The number of hydrogen-bond donors (Lipinski definition) is 1. The molecule has 0 aliphatic carbocycles. The van der Waals surface area contributed by atoms with Gasteiger partial charge in [-0.15, -0.1) is 0 Å². The Labute approximate surface area is 265 Å². The normalized spacial score (nSPS) is 13.4. The lowest BCUT2D eigenvalue weighted by atomic mass is 10.0. The molecule has 14 heteroatoms. The van der Waals surface area contributed by atoms with E-state index >= 15 is 4.39 Å². The zero-order valence-corrected chi connectivity index (χ0v) is 25.9. The van der Waals surface area contributed by atoms with Gasteiger partial charge in [-0.1, -0.05) is 43.6 Å². The second kappa shape index (κ2) is 12.1. The summed E-state index contributed by atoms with van der Waals surface area (Å²) in [5.74, 6) is -5.67. The third kappa shape index (κ3) is 5.15. The zero-order chi connectivity index (χ0) is 32.9. The van der Waals surface area contributed by atoms with Gasteiger partial charge in [-0.05, 0) is 36.6 Å². The Morgan fingerprint density at radius 2 is 1.80 bits per heavy atom. The summed E-state index contributed by atoms with van der Waals surface area (Å²) in [6.07, 6.45) is 2.79. The van der Waals surface area contributed by atoms with Gasteiger partial charge in [-0.3, -0.25) is 19.1 Å². The second-order valence-electron chi connectivity index (χ2n) is 10.7. The third-order valence-corrected chi connectivity index (χ3v) is 8.41. The van der Waals surface area contributed by atoms with Crippen molar-refractivity contribution in [3.63, 3.8) is 0 Å². The summed E-state index contributed by atoms with van der Waals surface area (Å²) in [6.45, 7) is 10.0. The molecule has 0 unspecified atom stereocenters. The molecule has 1 fully saturated rings. The fraction of sp³-hybridized carbons (Fsp3) is 0.258. The summed E-state index contributed by atoms with van der Waals surface area (Å²) < 4.78 is 45.3. The van der Waals surface area contributed by atoms with E-state index in [0.717, 1.165) is 0 Å². The molecule has 45 heavy (non-hydrogen) atoms. The first-order valence-electron chi connectivity index (χ1n) is 13.8. The van der Waals surface area contributed by atoms with Crippen molar-refractivity contribution in [1.29, 1.82) is 5.26 Å². The van der Waals surface area contributed by atoms with Crippen LogP contribution in [0.25, 0.3) is 28.0 Å². The van der Waals surface area contributed by atoms with Gasteiger partial charge in [0.1, 0.15) is 17.3 Å². The number of aryl methyl sites for hydroxylation is 1. The maximum Gasteiger partial charge on any atom is 0.276 e. The van der Waals surface area contributed by atoms with E-state index in [1.165, 1.54) is 16.7 Å². The van der Waals surface area contributed by atoms with E-state index in [-0.39, 0.29) is 65.3 Å². The van der Waals surface area contributed by atoms with Crippen molar-refractivity contribution in [3.8, 4) is 23.0 Å². The lowest BCUT2D eigenvalue weighted by molar-refractivity contribution is -0.126. The largest absolute Gasteiger partial charge is 0.395 e. The fourth-order valence-electron chi connectivity index (χ4n) is 5.50. The number of benzene rings is 1. The zero-order valence-electron chi connectivity index (χ0n) is 24.4. The van der Waals surface area contributed by atoms with Crippen LogP contribution in [0.5, 0.6) is 0 Å². The number of hydrogen-bond acceptors (Lipinski definition) is 7. The molecule has 5 rings (SSSR count). The van der Waals surface area contributed by atoms with E-state index in [2.05, 4.69) is 16.5 Å². The Morgan fingerprint density at radius 3 is 2.40 bits per heavy atom. The number of carbonyl (C=O) groups is 1. The molecule has 2 N–H and O–H groups in total. The number of nitrogens with zero attached hydrogens (tertiary/aromatic N) is 6.